The second-order valence-electron chi connectivity index (χ2n) is 1.82. The van der Waals surface area contributed by atoms with E-state index in [0.29, 0.717) is 0 Å². The number of hydrogen-bond donors (Lipinski definition) is 2. The molecular formula is C8H18O5. The summed E-state index contributed by atoms with van der Waals surface area (Å²) >= 11 is 0. The van der Waals surface area contributed by atoms with Crippen molar-refractivity contribution in [1.82, 2.24) is 0 Å². The molecule has 0 aliphatic heterocycles. The van der Waals surface area contributed by atoms with Gasteiger partial charge in [0.15, 0.2) is 0 Å². The Balaban J connectivity index is -0.000000117. The van der Waals surface area contributed by atoms with E-state index in [-0.39, 0.29) is 0 Å². The molecule has 0 rings (SSSR count). The molecule has 0 bridgehead atoms. The highest BCUT2D eigenvalue weighted by Gasteiger charge is 1.66. The number of hydrogen-bond acceptors (Lipinski definition) is 3. The lowest BCUT2D eigenvalue weighted by atomic mass is 10.8. The fourth-order valence-electron chi connectivity index (χ4n) is 0.204. The number of carboxylic acid groups (broad SMARTS) is 2. The van der Waals surface area contributed by atoms with Crippen molar-refractivity contribution in [3.63, 3.8) is 0 Å². The van der Waals surface area contributed by atoms with Crippen LogP contribution in [0.3, 0.4) is 0 Å². The van der Waals surface area contributed by atoms with Gasteiger partial charge in [0.25, 0.3) is 11.9 Å². The van der Waals surface area contributed by atoms with Gasteiger partial charge < -0.3 is 14.9 Å². The van der Waals surface area contributed by atoms with Crippen molar-refractivity contribution in [3.8, 4) is 0 Å². The molecule has 5 heteroatoms. The lowest BCUT2D eigenvalue weighted by Crippen LogP contribution is -1.84. The minimum absolute atomic E-state index is 0.833. The van der Waals surface area contributed by atoms with Crippen LogP contribution in [0.25, 0.3) is 0 Å². The van der Waals surface area contributed by atoms with Crippen molar-refractivity contribution in [3.05, 3.63) is 0 Å². The molecule has 0 saturated heterocycles. The Labute approximate surface area is 78.3 Å². The van der Waals surface area contributed by atoms with E-state index in [1.54, 1.807) is 0 Å². The third-order valence-electron chi connectivity index (χ3n) is 0.408. The molecule has 0 saturated carbocycles. The van der Waals surface area contributed by atoms with Gasteiger partial charge in [-0.05, 0) is 13.8 Å². The van der Waals surface area contributed by atoms with Crippen LogP contribution in [0.4, 0.5) is 0 Å². The molecule has 0 aliphatic carbocycles. The Morgan fingerprint density at radius 3 is 1.15 bits per heavy atom. The van der Waals surface area contributed by atoms with Crippen molar-refractivity contribution in [2.24, 2.45) is 0 Å². The van der Waals surface area contributed by atoms with E-state index in [0.717, 1.165) is 27.1 Å². The molecule has 0 aliphatic rings. The molecule has 13 heavy (non-hydrogen) atoms. The molecule has 0 fully saturated rings. The Bertz CT molecular complexity index is 99.7. The first kappa shape index (κ1) is 17.8. The minimum Gasteiger partial charge on any atom is -0.481 e. The van der Waals surface area contributed by atoms with Crippen molar-refractivity contribution in [1.29, 1.82) is 0 Å². The highest BCUT2D eigenvalue weighted by molar-refractivity contribution is 5.63. The van der Waals surface area contributed by atoms with Crippen LogP contribution in [-0.2, 0) is 14.3 Å². The number of carbonyl (C=O) groups is 2. The predicted molar refractivity (Wildman–Crippen MR) is 48.8 cm³/mol. The van der Waals surface area contributed by atoms with Gasteiger partial charge in [-0.15, -0.1) is 0 Å². The summed E-state index contributed by atoms with van der Waals surface area (Å²) in [6, 6.07) is 0. The summed E-state index contributed by atoms with van der Waals surface area (Å²) < 4.78 is 4.83. The molecule has 2 N–H and O–H groups in total. The zero-order chi connectivity index (χ0) is 11.3. The highest BCUT2D eigenvalue weighted by Crippen LogP contribution is 1.64. The SMILES string of the molecule is CC(=O)O.CC(=O)O.CCOCC. The molecule has 0 aromatic carbocycles. The molecular weight excluding hydrogens is 176 g/mol. The molecule has 0 aromatic heterocycles. The quantitative estimate of drug-likeness (QED) is 0.690. The minimum atomic E-state index is -0.833. The van der Waals surface area contributed by atoms with E-state index in [1.165, 1.54) is 0 Å². The van der Waals surface area contributed by atoms with Gasteiger partial charge in [0.1, 0.15) is 0 Å². The van der Waals surface area contributed by atoms with Gasteiger partial charge in [-0.2, -0.15) is 0 Å². The molecule has 0 heterocycles. The number of aliphatic carboxylic acids is 2. The van der Waals surface area contributed by atoms with Crippen molar-refractivity contribution < 1.29 is 24.5 Å². The van der Waals surface area contributed by atoms with E-state index in [2.05, 4.69) is 0 Å². The molecule has 0 atom stereocenters. The number of ether oxygens (including phenoxy) is 1. The van der Waals surface area contributed by atoms with Crippen LogP contribution < -0.4 is 0 Å². The molecule has 5 nitrogen and oxygen atoms in total. The van der Waals surface area contributed by atoms with Crippen molar-refractivity contribution in [2.45, 2.75) is 27.7 Å². The zero-order valence-corrected chi connectivity index (χ0v) is 8.53. The molecule has 0 amide bonds. The summed E-state index contributed by atoms with van der Waals surface area (Å²) in [7, 11) is 0. The maximum absolute atomic E-state index is 9.00. The topological polar surface area (TPSA) is 83.8 Å². The van der Waals surface area contributed by atoms with Gasteiger partial charge in [-0.3, -0.25) is 9.59 Å². The number of carboxylic acids is 2. The predicted octanol–water partition coefficient (Wildman–Crippen LogP) is 1.22. The maximum atomic E-state index is 9.00. The molecule has 0 radical (unpaired) electrons. The standard InChI is InChI=1S/C4H10O.2C2H4O2/c1-3-5-4-2;2*1-2(3)4/h3-4H2,1-2H3;2*1H3,(H,3,4). The van der Waals surface area contributed by atoms with Gasteiger partial charge >= 0.3 is 0 Å². The first-order chi connectivity index (χ1) is 5.88. The monoisotopic (exact) mass is 194 g/mol. The Morgan fingerprint density at radius 1 is 1.00 bits per heavy atom. The molecule has 80 valence electrons. The van der Waals surface area contributed by atoms with E-state index < -0.39 is 11.9 Å². The fourth-order valence-corrected chi connectivity index (χ4v) is 0.204. The lowest BCUT2D eigenvalue weighted by Gasteiger charge is -1.86. The average molecular weight is 194 g/mol. The summed E-state index contributed by atoms with van der Waals surface area (Å²) in [6.45, 7) is 7.83. The van der Waals surface area contributed by atoms with Crippen molar-refractivity contribution in [2.75, 3.05) is 13.2 Å². The van der Waals surface area contributed by atoms with E-state index in [4.69, 9.17) is 24.5 Å². The summed E-state index contributed by atoms with van der Waals surface area (Å²) in [6.07, 6.45) is 0. The van der Waals surface area contributed by atoms with Crippen molar-refractivity contribution >= 4 is 11.9 Å². The first-order valence-corrected chi connectivity index (χ1v) is 3.85. The number of rotatable bonds is 2. The summed E-state index contributed by atoms with van der Waals surface area (Å²) in [5.74, 6) is -1.67. The normalized spacial score (nSPS) is 7.08. The third kappa shape index (κ3) is 1070. The van der Waals surface area contributed by atoms with Crippen LogP contribution in [0.15, 0.2) is 0 Å². The van der Waals surface area contributed by atoms with Gasteiger partial charge in [-0.25, -0.2) is 0 Å². The summed E-state index contributed by atoms with van der Waals surface area (Å²) in [5, 5.41) is 14.8. The first-order valence-electron chi connectivity index (χ1n) is 3.85. The third-order valence-corrected chi connectivity index (χ3v) is 0.408. The smallest absolute Gasteiger partial charge is 0.300 e. The van der Waals surface area contributed by atoms with Crippen LogP contribution >= 0.6 is 0 Å². The van der Waals surface area contributed by atoms with E-state index in [9.17, 15) is 0 Å². The van der Waals surface area contributed by atoms with Gasteiger partial charge in [-0.1, -0.05) is 0 Å². The lowest BCUT2D eigenvalue weighted by molar-refractivity contribution is -0.135. The van der Waals surface area contributed by atoms with Crippen LogP contribution in [0, 0.1) is 0 Å². The largest absolute Gasteiger partial charge is 0.481 e. The zero-order valence-electron chi connectivity index (χ0n) is 8.53. The average Bonchev–Trinajstić information content (AvgIpc) is 1.86. The van der Waals surface area contributed by atoms with Gasteiger partial charge in [0.2, 0.25) is 0 Å². The van der Waals surface area contributed by atoms with Crippen LogP contribution in [0.2, 0.25) is 0 Å². The van der Waals surface area contributed by atoms with E-state index >= 15 is 0 Å². The van der Waals surface area contributed by atoms with E-state index in [1.807, 2.05) is 13.8 Å². The van der Waals surface area contributed by atoms with Crippen LogP contribution in [-0.4, -0.2) is 35.4 Å². The second-order valence-corrected chi connectivity index (χ2v) is 1.82. The van der Waals surface area contributed by atoms with Crippen LogP contribution in [0.1, 0.15) is 27.7 Å². The second kappa shape index (κ2) is 17.1. The molecule has 0 unspecified atom stereocenters. The Morgan fingerprint density at radius 2 is 1.15 bits per heavy atom. The summed E-state index contributed by atoms with van der Waals surface area (Å²) in [4.78, 5) is 18.0. The Hall–Kier alpha value is -1.10. The molecule has 0 spiro atoms. The molecule has 0 aromatic rings. The maximum Gasteiger partial charge on any atom is 0.300 e. The fraction of sp³-hybridized carbons (Fsp3) is 0.750. The Kier molecular flexibility index (Phi) is 23.5. The van der Waals surface area contributed by atoms with Gasteiger partial charge in [0.05, 0.1) is 0 Å². The summed E-state index contributed by atoms with van der Waals surface area (Å²) in [5.41, 5.74) is 0. The van der Waals surface area contributed by atoms with Crippen LogP contribution in [0.5, 0.6) is 0 Å². The van der Waals surface area contributed by atoms with Gasteiger partial charge in [0, 0.05) is 27.1 Å². The highest BCUT2D eigenvalue weighted by atomic mass is 16.5.